The summed E-state index contributed by atoms with van der Waals surface area (Å²) in [5.41, 5.74) is 1.93. The van der Waals surface area contributed by atoms with E-state index in [9.17, 15) is 4.79 Å². The highest BCUT2D eigenvalue weighted by atomic mass is 32.1. The minimum absolute atomic E-state index is 0.113. The van der Waals surface area contributed by atoms with Crippen LogP contribution in [0.2, 0.25) is 0 Å². The van der Waals surface area contributed by atoms with E-state index in [0.29, 0.717) is 16.9 Å². The number of H-pyrrole nitrogens is 1. The van der Waals surface area contributed by atoms with Crippen LogP contribution in [-0.2, 0) is 0 Å². The Morgan fingerprint density at radius 2 is 2.26 bits per heavy atom. The monoisotopic (exact) mass is 268 g/mol. The first-order chi connectivity index (χ1) is 9.33. The van der Waals surface area contributed by atoms with Gasteiger partial charge in [0.15, 0.2) is 5.65 Å². The molecule has 0 aliphatic heterocycles. The Kier molecular flexibility index (Phi) is 2.07. The largest absolute Gasteiger partial charge is 0.306 e. The molecular formula is C13H8N4OS. The Morgan fingerprint density at radius 3 is 3.11 bits per heavy atom. The van der Waals surface area contributed by atoms with Crippen molar-refractivity contribution < 1.29 is 0 Å². The van der Waals surface area contributed by atoms with E-state index in [1.54, 1.807) is 34.3 Å². The van der Waals surface area contributed by atoms with Crippen LogP contribution in [0.15, 0.2) is 46.8 Å². The van der Waals surface area contributed by atoms with Crippen LogP contribution >= 0.6 is 11.3 Å². The topological polar surface area (TPSA) is 63.0 Å². The zero-order valence-corrected chi connectivity index (χ0v) is 10.5. The van der Waals surface area contributed by atoms with Gasteiger partial charge in [-0.25, -0.2) is 4.98 Å². The van der Waals surface area contributed by atoms with Gasteiger partial charge in [0.25, 0.3) is 5.56 Å². The fourth-order valence-corrected chi connectivity index (χ4v) is 2.87. The molecule has 6 heteroatoms. The molecular weight excluding hydrogens is 260 g/mol. The summed E-state index contributed by atoms with van der Waals surface area (Å²) in [5, 5.41) is 6.98. The quantitative estimate of drug-likeness (QED) is 0.576. The Balaban J connectivity index is 2.12. The molecule has 0 saturated carbocycles. The number of fused-ring (bicyclic) bond motifs is 3. The van der Waals surface area contributed by atoms with Crippen molar-refractivity contribution in [2.24, 2.45) is 0 Å². The van der Waals surface area contributed by atoms with E-state index in [1.165, 1.54) is 0 Å². The van der Waals surface area contributed by atoms with E-state index in [4.69, 9.17) is 0 Å². The van der Waals surface area contributed by atoms with E-state index >= 15 is 0 Å². The van der Waals surface area contributed by atoms with Crippen LogP contribution in [0, 0.1) is 0 Å². The van der Waals surface area contributed by atoms with Crippen LogP contribution in [0.5, 0.6) is 0 Å². The van der Waals surface area contributed by atoms with E-state index in [0.717, 1.165) is 10.3 Å². The molecule has 0 fully saturated rings. The molecule has 5 nitrogen and oxygen atoms in total. The lowest BCUT2D eigenvalue weighted by molar-refractivity contribution is 0.959. The highest BCUT2D eigenvalue weighted by Gasteiger charge is 2.09. The average molecular weight is 268 g/mol. The molecule has 4 rings (SSSR count). The maximum atomic E-state index is 12.2. The maximum absolute atomic E-state index is 12.2. The molecule has 0 bridgehead atoms. The summed E-state index contributed by atoms with van der Waals surface area (Å²) >= 11 is 1.54. The van der Waals surface area contributed by atoms with Crippen molar-refractivity contribution in [3.63, 3.8) is 0 Å². The summed E-state index contributed by atoms with van der Waals surface area (Å²) in [6.45, 7) is 0. The van der Waals surface area contributed by atoms with Gasteiger partial charge in [-0.1, -0.05) is 6.07 Å². The van der Waals surface area contributed by atoms with Gasteiger partial charge in [0.1, 0.15) is 5.65 Å². The van der Waals surface area contributed by atoms with Gasteiger partial charge in [-0.15, -0.1) is 11.3 Å². The number of hydrogen-bond donors (Lipinski definition) is 1. The summed E-state index contributed by atoms with van der Waals surface area (Å²) < 4.78 is 1.63. The van der Waals surface area contributed by atoms with E-state index in [2.05, 4.69) is 15.1 Å². The predicted octanol–water partition coefficient (Wildman–Crippen LogP) is 2.30. The second-order valence-corrected chi connectivity index (χ2v) is 5.10. The second kappa shape index (κ2) is 3.76. The van der Waals surface area contributed by atoms with Crippen molar-refractivity contribution in [1.29, 1.82) is 0 Å². The number of aromatic amines is 1. The molecule has 0 atom stereocenters. The molecule has 0 saturated heterocycles. The second-order valence-electron chi connectivity index (χ2n) is 4.15. The van der Waals surface area contributed by atoms with Crippen molar-refractivity contribution >= 4 is 28.0 Å². The van der Waals surface area contributed by atoms with Crippen LogP contribution in [-0.4, -0.2) is 19.6 Å². The third-order valence-corrected chi connectivity index (χ3v) is 3.91. The molecule has 4 heterocycles. The van der Waals surface area contributed by atoms with Crippen molar-refractivity contribution in [1.82, 2.24) is 19.6 Å². The molecule has 0 aromatic carbocycles. The number of pyridine rings is 1. The molecule has 0 aliphatic rings. The fraction of sp³-hybridized carbons (Fsp3) is 0. The first-order valence-electron chi connectivity index (χ1n) is 5.72. The Bertz CT molecular complexity index is 936. The molecule has 4 aromatic heterocycles. The number of aromatic nitrogens is 4. The lowest BCUT2D eigenvalue weighted by atomic mass is 10.2. The van der Waals surface area contributed by atoms with Gasteiger partial charge in [-0.05, 0) is 17.5 Å². The maximum Gasteiger partial charge on any atom is 0.258 e. The summed E-state index contributed by atoms with van der Waals surface area (Å²) in [7, 11) is 0. The predicted molar refractivity (Wildman–Crippen MR) is 74.4 cm³/mol. The number of hydrogen-bond acceptors (Lipinski definition) is 4. The molecule has 1 N–H and O–H groups in total. The van der Waals surface area contributed by atoms with Gasteiger partial charge in [0, 0.05) is 22.5 Å². The number of nitrogens with zero attached hydrogens (tertiary/aromatic N) is 3. The Morgan fingerprint density at radius 1 is 1.32 bits per heavy atom. The molecule has 0 aliphatic carbocycles. The minimum atomic E-state index is -0.113. The van der Waals surface area contributed by atoms with Crippen LogP contribution in [0.25, 0.3) is 27.1 Å². The SMILES string of the molecule is O=c1[nH]c2c(cnc3ccnn32)cc1-c1cccs1. The lowest BCUT2D eigenvalue weighted by Crippen LogP contribution is -2.10. The van der Waals surface area contributed by atoms with Crippen molar-refractivity contribution in [3.05, 3.63) is 52.4 Å². The summed E-state index contributed by atoms with van der Waals surface area (Å²) in [5.74, 6) is 0. The van der Waals surface area contributed by atoms with Gasteiger partial charge in [-0.2, -0.15) is 9.61 Å². The van der Waals surface area contributed by atoms with Gasteiger partial charge in [0.2, 0.25) is 0 Å². The van der Waals surface area contributed by atoms with Crippen LogP contribution in [0.3, 0.4) is 0 Å². The number of nitrogens with one attached hydrogen (secondary N) is 1. The Labute approximate surface area is 111 Å². The molecule has 0 radical (unpaired) electrons. The average Bonchev–Trinajstić information content (AvgIpc) is 3.09. The van der Waals surface area contributed by atoms with Gasteiger partial charge < -0.3 is 4.98 Å². The van der Waals surface area contributed by atoms with Crippen molar-refractivity contribution in [2.45, 2.75) is 0 Å². The van der Waals surface area contributed by atoms with Gasteiger partial charge in [0.05, 0.1) is 11.8 Å². The van der Waals surface area contributed by atoms with Crippen molar-refractivity contribution in [2.75, 3.05) is 0 Å². The Hall–Kier alpha value is -2.47. The minimum Gasteiger partial charge on any atom is -0.306 e. The number of thiophene rings is 1. The zero-order chi connectivity index (χ0) is 12.8. The highest BCUT2D eigenvalue weighted by Crippen LogP contribution is 2.23. The summed E-state index contributed by atoms with van der Waals surface area (Å²) in [6.07, 6.45) is 3.41. The third-order valence-electron chi connectivity index (χ3n) is 3.01. The lowest BCUT2D eigenvalue weighted by Gasteiger charge is -2.03. The molecule has 19 heavy (non-hydrogen) atoms. The van der Waals surface area contributed by atoms with Crippen molar-refractivity contribution in [3.8, 4) is 10.4 Å². The highest BCUT2D eigenvalue weighted by molar-refractivity contribution is 7.13. The van der Waals surface area contributed by atoms with E-state index in [-0.39, 0.29) is 5.56 Å². The van der Waals surface area contributed by atoms with Crippen LogP contribution < -0.4 is 5.56 Å². The van der Waals surface area contributed by atoms with Gasteiger partial charge in [-0.3, -0.25) is 4.79 Å². The van der Waals surface area contributed by atoms with E-state index in [1.807, 2.05) is 23.6 Å². The fourth-order valence-electron chi connectivity index (χ4n) is 2.13. The normalized spacial score (nSPS) is 11.4. The molecule has 0 unspecified atom stereocenters. The summed E-state index contributed by atoms with van der Waals surface area (Å²) in [6, 6.07) is 7.51. The third kappa shape index (κ3) is 1.50. The van der Waals surface area contributed by atoms with Crippen LogP contribution in [0.4, 0.5) is 0 Å². The molecule has 92 valence electrons. The summed E-state index contributed by atoms with van der Waals surface area (Å²) in [4.78, 5) is 20.3. The smallest absolute Gasteiger partial charge is 0.258 e. The van der Waals surface area contributed by atoms with E-state index < -0.39 is 0 Å². The van der Waals surface area contributed by atoms with Gasteiger partial charge >= 0.3 is 0 Å². The first kappa shape index (κ1) is 10.5. The first-order valence-corrected chi connectivity index (χ1v) is 6.60. The number of rotatable bonds is 1. The zero-order valence-electron chi connectivity index (χ0n) is 9.70. The molecule has 0 amide bonds. The van der Waals surface area contributed by atoms with Crippen LogP contribution in [0.1, 0.15) is 0 Å². The standard InChI is InChI=1S/C13H8N4OS/c18-13-9(10-2-1-5-19-10)6-8-7-14-11-3-4-15-17(11)12(8)16-13/h1-7H,(H,16,18). The molecule has 4 aromatic rings. The molecule has 0 spiro atoms.